The molecule has 0 saturated heterocycles. The summed E-state index contributed by atoms with van der Waals surface area (Å²) in [5, 5.41) is 11.5. The first-order chi connectivity index (χ1) is 9.00. The molecule has 6 heteroatoms. The van der Waals surface area contributed by atoms with Crippen molar-refractivity contribution in [2.45, 2.75) is 17.0 Å². The lowest BCUT2D eigenvalue weighted by Crippen LogP contribution is -2.10. The van der Waals surface area contributed by atoms with Crippen molar-refractivity contribution in [1.29, 1.82) is 0 Å². The lowest BCUT2D eigenvalue weighted by Gasteiger charge is -2.19. The van der Waals surface area contributed by atoms with Crippen LogP contribution >= 0.6 is 45.8 Å². The molecular formula is C13H11Cl2IN2O. The number of hydrogen-bond acceptors (Lipinski definition) is 3. The van der Waals surface area contributed by atoms with Crippen molar-refractivity contribution < 1.29 is 5.11 Å². The van der Waals surface area contributed by atoms with Crippen LogP contribution in [0.1, 0.15) is 27.0 Å². The predicted octanol–water partition coefficient (Wildman–Crippen LogP) is 4.30. The molecule has 0 aliphatic heterocycles. The highest BCUT2D eigenvalue weighted by Crippen LogP contribution is 2.40. The molecule has 19 heavy (non-hydrogen) atoms. The fraction of sp³-hybridized carbons (Fsp3) is 0.231. The average Bonchev–Trinajstić information content (AvgIpc) is 2.38. The van der Waals surface area contributed by atoms with E-state index < -0.39 is 6.10 Å². The first kappa shape index (κ1) is 15.0. The molecule has 2 atom stereocenters. The molecule has 1 heterocycles. The summed E-state index contributed by atoms with van der Waals surface area (Å²) in [6.45, 7) is 1.82. The highest BCUT2D eigenvalue weighted by molar-refractivity contribution is 14.1. The molecule has 1 aromatic heterocycles. The average molecular weight is 409 g/mol. The van der Waals surface area contributed by atoms with Crippen LogP contribution in [0.5, 0.6) is 0 Å². The highest BCUT2D eigenvalue weighted by Gasteiger charge is 2.24. The highest BCUT2D eigenvalue weighted by atomic mass is 127. The van der Waals surface area contributed by atoms with Crippen molar-refractivity contribution in [3.8, 4) is 0 Å². The second-order valence-electron chi connectivity index (χ2n) is 4.04. The molecule has 0 fully saturated rings. The Morgan fingerprint density at radius 2 is 1.89 bits per heavy atom. The summed E-state index contributed by atoms with van der Waals surface area (Å²) in [6.07, 6.45) is 2.40. The summed E-state index contributed by atoms with van der Waals surface area (Å²) in [6, 6.07) is 5.24. The maximum absolute atomic E-state index is 10.4. The molecular weight excluding hydrogens is 398 g/mol. The molecule has 1 N–H and O–H groups in total. The van der Waals surface area contributed by atoms with Crippen LogP contribution in [0.4, 0.5) is 0 Å². The molecule has 2 unspecified atom stereocenters. The van der Waals surface area contributed by atoms with Crippen LogP contribution < -0.4 is 0 Å². The molecule has 0 spiro atoms. The second kappa shape index (κ2) is 6.35. The first-order valence-corrected chi connectivity index (χ1v) is 7.55. The van der Waals surface area contributed by atoms with E-state index in [2.05, 4.69) is 32.6 Å². The Balaban J connectivity index is 2.33. The Morgan fingerprint density at radius 3 is 2.53 bits per heavy atom. The lowest BCUT2D eigenvalue weighted by molar-refractivity contribution is 0.173. The van der Waals surface area contributed by atoms with Gasteiger partial charge in [-0.3, -0.25) is 9.97 Å². The molecule has 0 saturated carbocycles. The molecule has 1 aromatic carbocycles. The lowest BCUT2D eigenvalue weighted by atomic mass is 10.0. The van der Waals surface area contributed by atoms with E-state index in [1.165, 1.54) is 0 Å². The van der Waals surface area contributed by atoms with Gasteiger partial charge in [0.1, 0.15) is 6.10 Å². The van der Waals surface area contributed by atoms with Crippen LogP contribution in [0, 0.1) is 6.92 Å². The number of aromatic nitrogens is 2. The molecule has 0 aliphatic rings. The molecule has 2 rings (SSSR count). The maximum atomic E-state index is 10.4. The Kier molecular flexibility index (Phi) is 5.00. The van der Waals surface area contributed by atoms with Crippen LogP contribution in [-0.4, -0.2) is 15.1 Å². The maximum Gasteiger partial charge on any atom is 0.114 e. The smallest absolute Gasteiger partial charge is 0.114 e. The Labute approximate surface area is 135 Å². The van der Waals surface area contributed by atoms with E-state index in [0.29, 0.717) is 21.4 Å². The number of aryl methyl sites for hydroxylation is 1. The van der Waals surface area contributed by atoms with E-state index in [1.807, 2.05) is 13.0 Å². The van der Waals surface area contributed by atoms with Crippen molar-refractivity contribution in [3.63, 3.8) is 0 Å². The molecule has 100 valence electrons. The summed E-state index contributed by atoms with van der Waals surface area (Å²) >= 11 is 14.2. The van der Waals surface area contributed by atoms with Crippen molar-refractivity contribution >= 4 is 45.8 Å². The number of rotatable bonds is 3. The number of alkyl halides is 1. The summed E-state index contributed by atoms with van der Waals surface area (Å²) < 4.78 is -0.224. The third kappa shape index (κ3) is 3.37. The fourth-order valence-electron chi connectivity index (χ4n) is 1.74. The zero-order chi connectivity index (χ0) is 14.0. The van der Waals surface area contributed by atoms with Gasteiger partial charge in [0.25, 0.3) is 0 Å². The summed E-state index contributed by atoms with van der Waals surface area (Å²) in [7, 11) is 0. The summed E-state index contributed by atoms with van der Waals surface area (Å²) in [5.41, 5.74) is 2.10. The van der Waals surface area contributed by atoms with Crippen LogP contribution in [0.15, 0.2) is 30.6 Å². The van der Waals surface area contributed by atoms with E-state index in [9.17, 15) is 5.11 Å². The Bertz CT molecular complexity index is 595. The number of hydrogen-bond donors (Lipinski definition) is 1. The minimum atomic E-state index is -0.770. The van der Waals surface area contributed by atoms with Gasteiger partial charge in [0.05, 0.1) is 15.3 Å². The number of aliphatic hydroxyl groups excluding tert-OH is 1. The van der Waals surface area contributed by atoms with Gasteiger partial charge >= 0.3 is 0 Å². The number of benzene rings is 1. The van der Waals surface area contributed by atoms with Gasteiger partial charge in [-0.1, -0.05) is 51.9 Å². The van der Waals surface area contributed by atoms with Gasteiger partial charge in [-0.25, -0.2) is 0 Å². The van der Waals surface area contributed by atoms with Crippen molar-refractivity contribution in [3.05, 3.63) is 57.6 Å². The van der Waals surface area contributed by atoms with Gasteiger partial charge in [0.15, 0.2) is 0 Å². The predicted molar refractivity (Wildman–Crippen MR) is 85.0 cm³/mol. The van der Waals surface area contributed by atoms with Crippen molar-refractivity contribution in [2.24, 2.45) is 0 Å². The van der Waals surface area contributed by atoms with E-state index in [-0.39, 0.29) is 3.92 Å². The number of aliphatic hydroxyl groups is 1. The molecule has 0 radical (unpaired) electrons. The molecule has 0 bridgehead atoms. The quantitative estimate of drug-likeness (QED) is 0.608. The minimum absolute atomic E-state index is 0.224. The normalized spacial score (nSPS) is 14.2. The van der Waals surface area contributed by atoms with E-state index >= 15 is 0 Å². The summed E-state index contributed by atoms with van der Waals surface area (Å²) in [4.78, 5) is 8.32. The largest absolute Gasteiger partial charge is 0.385 e. The van der Waals surface area contributed by atoms with Gasteiger partial charge in [-0.05, 0) is 24.6 Å². The van der Waals surface area contributed by atoms with Crippen molar-refractivity contribution in [2.75, 3.05) is 0 Å². The van der Waals surface area contributed by atoms with Crippen molar-refractivity contribution in [1.82, 2.24) is 9.97 Å². The Morgan fingerprint density at radius 1 is 1.21 bits per heavy atom. The van der Waals surface area contributed by atoms with Gasteiger partial charge < -0.3 is 5.11 Å². The van der Waals surface area contributed by atoms with E-state index in [0.717, 1.165) is 5.56 Å². The van der Waals surface area contributed by atoms with E-state index in [1.54, 1.807) is 24.5 Å². The SMILES string of the molecule is Cc1nccnc1C(O)C(I)c1ccc(Cl)cc1Cl. The zero-order valence-electron chi connectivity index (χ0n) is 10.0. The minimum Gasteiger partial charge on any atom is -0.385 e. The molecule has 0 amide bonds. The van der Waals surface area contributed by atoms with Crippen LogP contribution in [0.25, 0.3) is 0 Å². The van der Waals surface area contributed by atoms with Gasteiger partial charge in [-0.2, -0.15) is 0 Å². The third-order valence-electron chi connectivity index (χ3n) is 2.74. The van der Waals surface area contributed by atoms with Gasteiger partial charge in [-0.15, -0.1) is 0 Å². The third-order valence-corrected chi connectivity index (χ3v) is 4.65. The summed E-state index contributed by atoms with van der Waals surface area (Å²) in [5.74, 6) is 0. The fourth-order valence-corrected chi connectivity index (χ4v) is 3.34. The molecule has 2 aromatic rings. The first-order valence-electron chi connectivity index (χ1n) is 5.55. The second-order valence-corrected chi connectivity index (χ2v) is 6.23. The van der Waals surface area contributed by atoms with Crippen LogP contribution in [0.3, 0.4) is 0 Å². The molecule has 3 nitrogen and oxygen atoms in total. The number of nitrogens with zero attached hydrogens (tertiary/aromatic N) is 2. The Hall–Kier alpha value is -0.430. The standard InChI is InChI=1S/C13H11Cl2IN2O/c1-7-12(18-5-4-17-7)13(19)11(16)9-3-2-8(14)6-10(9)15/h2-6,11,13,19H,1H3. The number of halogens is 3. The van der Waals surface area contributed by atoms with Gasteiger partial charge in [0, 0.05) is 22.4 Å². The van der Waals surface area contributed by atoms with Gasteiger partial charge in [0.2, 0.25) is 0 Å². The monoisotopic (exact) mass is 408 g/mol. The zero-order valence-corrected chi connectivity index (χ0v) is 13.7. The van der Waals surface area contributed by atoms with Crippen LogP contribution in [-0.2, 0) is 0 Å². The van der Waals surface area contributed by atoms with Crippen LogP contribution in [0.2, 0.25) is 10.0 Å². The topological polar surface area (TPSA) is 46.0 Å². The molecule has 0 aliphatic carbocycles. The van der Waals surface area contributed by atoms with E-state index in [4.69, 9.17) is 23.2 Å².